The zero-order valence-corrected chi connectivity index (χ0v) is 24.0. The van der Waals surface area contributed by atoms with Crippen LogP contribution in [-0.2, 0) is 4.79 Å². The average molecular weight is 536 g/mol. The predicted molar refractivity (Wildman–Crippen MR) is 154 cm³/mol. The molecule has 1 aromatic heterocycles. The van der Waals surface area contributed by atoms with E-state index in [9.17, 15) is 4.79 Å². The summed E-state index contributed by atoms with van der Waals surface area (Å²) < 4.78 is 11.6. The SMILES string of the molecule is CCCN1CCN(C(=O)C2CC=C(c3ccc(OCC4CCN(c5nc(C(C)C)no5)CC4)cc3)CC2)CC1. The van der Waals surface area contributed by atoms with Crippen LogP contribution in [0.4, 0.5) is 6.01 Å². The van der Waals surface area contributed by atoms with Crippen LogP contribution in [0, 0.1) is 11.8 Å². The van der Waals surface area contributed by atoms with Gasteiger partial charge in [-0.2, -0.15) is 4.98 Å². The van der Waals surface area contributed by atoms with Gasteiger partial charge in [0.05, 0.1) is 6.61 Å². The minimum absolute atomic E-state index is 0.137. The molecule has 1 unspecified atom stereocenters. The highest BCUT2D eigenvalue weighted by atomic mass is 16.5. The van der Waals surface area contributed by atoms with Crippen LogP contribution in [0.5, 0.6) is 5.75 Å². The number of rotatable bonds is 9. The van der Waals surface area contributed by atoms with E-state index in [2.05, 4.69) is 76.0 Å². The van der Waals surface area contributed by atoms with Gasteiger partial charge in [0.2, 0.25) is 5.91 Å². The molecule has 2 saturated heterocycles. The zero-order valence-electron chi connectivity index (χ0n) is 24.0. The molecular weight excluding hydrogens is 490 g/mol. The van der Waals surface area contributed by atoms with Crippen LogP contribution in [0.1, 0.15) is 76.6 Å². The van der Waals surface area contributed by atoms with Crippen LogP contribution < -0.4 is 9.64 Å². The van der Waals surface area contributed by atoms with Crippen molar-refractivity contribution >= 4 is 17.5 Å². The Morgan fingerprint density at radius 2 is 1.79 bits per heavy atom. The first-order valence-electron chi connectivity index (χ1n) is 15.0. The number of aromatic nitrogens is 2. The summed E-state index contributed by atoms with van der Waals surface area (Å²) in [6.45, 7) is 13.9. The van der Waals surface area contributed by atoms with E-state index in [4.69, 9.17) is 9.26 Å². The van der Waals surface area contributed by atoms with Crippen LogP contribution in [-0.4, -0.2) is 78.3 Å². The molecule has 3 heterocycles. The normalized spacial score (nSPS) is 21.3. The minimum atomic E-state index is 0.137. The van der Waals surface area contributed by atoms with Crippen molar-refractivity contribution in [3.8, 4) is 5.75 Å². The third-order valence-corrected chi connectivity index (χ3v) is 8.53. The summed E-state index contributed by atoms with van der Waals surface area (Å²) in [7, 11) is 0. The topological polar surface area (TPSA) is 74.9 Å². The second-order valence-corrected chi connectivity index (χ2v) is 11.7. The van der Waals surface area contributed by atoms with Gasteiger partial charge in [-0.1, -0.05) is 44.1 Å². The van der Waals surface area contributed by atoms with Crippen LogP contribution in [0.2, 0.25) is 0 Å². The number of hydrogen-bond donors (Lipinski definition) is 0. The molecule has 39 heavy (non-hydrogen) atoms. The van der Waals surface area contributed by atoms with Crippen LogP contribution >= 0.6 is 0 Å². The molecule has 8 nitrogen and oxygen atoms in total. The third-order valence-electron chi connectivity index (χ3n) is 8.53. The van der Waals surface area contributed by atoms with Crippen molar-refractivity contribution in [2.45, 2.75) is 65.2 Å². The molecule has 8 heteroatoms. The maximum absolute atomic E-state index is 13.1. The highest BCUT2D eigenvalue weighted by Gasteiger charge is 2.29. The van der Waals surface area contributed by atoms with Gasteiger partial charge in [0.15, 0.2) is 5.82 Å². The van der Waals surface area contributed by atoms with Crippen LogP contribution in [0.3, 0.4) is 0 Å². The van der Waals surface area contributed by atoms with Crippen molar-refractivity contribution in [1.82, 2.24) is 19.9 Å². The fraction of sp³-hybridized carbons (Fsp3) is 0.645. The Morgan fingerprint density at radius 1 is 1.05 bits per heavy atom. The molecule has 1 atom stereocenters. The van der Waals surface area contributed by atoms with Crippen molar-refractivity contribution in [3.05, 3.63) is 41.7 Å². The molecular formula is C31H45N5O3. The van der Waals surface area contributed by atoms with Gasteiger partial charge in [-0.25, -0.2) is 0 Å². The van der Waals surface area contributed by atoms with Gasteiger partial charge in [0.25, 0.3) is 0 Å². The average Bonchev–Trinajstić information content (AvgIpc) is 3.48. The van der Waals surface area contributed by atoms with Crippen molar-refractivity contribution in [2.24, 2.45) is 11.8 Å². The van der Waals surface area contributed by atoms with E-state index in [1.807, 2.05) is 0 Å². The monoisotopic (exact) mass is 535 g/mol. The van der Waals surface area contributed by atoms with E-state index in [1.165, 1.54) is 17.6 Å². The lowest BCUT2D eigenvalue weighted by atomic mass is 9.85. The third kappa shape index (κ3) is 7.02. The molecule has 2 aromatic rings. The molecule has 1 aromatic carbocycles. The molecule has 3 aliphatic rings. The summed E-state index contributed by atoms with van der Waals surface area (Å²) in [5.74, 6) is 2.99. The molecule has 1 aliphatic carbocycles. The highest BCUT2D eigenvalue weighted by Crippen LogP contribution is 2.32. The number of ether oxygens (including phenoxy) is 1. The molecule has 0 bridgehead atoms. The first-order valence-corrected chi connectivity index (χ1v) is 15.0. The number of anilines is 1. The number of amides is 1. The summed E-state index contributed by atoms with van der Waals surface area (Å²) in [6, 6.07) is 9.15. The summed E-state index contributed by atoms with van der Waals surface area (Å²) in [5, 5.41) is 4.09. The number of hydrogen-bond acceptors (Lipinski definition) is 7. The summed E-state index contributed by atoms with van der Waals surface area (Å²) >= 11 is 0. The number of allylic oxidation sites excluding steroid dienone is 2. The van der Waals surface area contributed by atoms with E-state index in [0.29, 0.717) is 17.8 Å². The van der Waals surface area contributed by atoms with Gasteiger partial charge in [-0.3, -0.25) is 9.69 Å². The van der Waals surface area contributed by atoms with Gasteiger partial charge in [0.1, 0.15) is 5.75 Å². The number of benzene rings is 1. The molecule has 0 spiro atoms. The van der Waals surface area contributed by atoms with Gasteiger partial charge < -0.3 is 19.1 Å². The number of piperazine rings is 1. The molecule has 5 rings (SSSR count). The Hall–Kier alpha value is -2.87. The molecule has 0 radical (unpaired) electrons. The van der Waals surface area contributed by atoms with Crippen molar-refractivity contribution in [2.75, 3.05) is 57.3 Å². The first-order chi connectivity index (χ1) is 19.0. The standard InChI is InChI=1S/C31H45N5O3/c1-4-15-34-18-20-35(21-19-34)30(37)27-7-5-25(6-8-27)26-9-11-28(12-10-26)38-22-24-13-16-36(17-14-24)31-32-29(23(2)3)33-39-31/h5,9-12,23-24,27H,4,6-8,13-22H2,1-3H3. The Morgan fingerprint density at radius 3 is 2.41 bits per heavy atom. The van der Waals surface area contributed by atoms with E-state index >= 15 is 0 Å². The fourth-order valence-corrected chi connectivity index (χ4v) is 5.95. The number of piperidine rings is 1. The lowest BCUT2D eigenvalue weighted by Crippen LogP contribution is -2.50. The maximum atomic E-state index is 13.1. The molecule has 0 saturated carbocycles. The molecule has 1 amide bonds. The van der Waals surface area contributed by atoms with Crippen molar-refractivity contribution in [1.29, 1.82) is 0 Å². The molecule has 212 valence electrons. The lowest BCUT2D eigenvalue weighted by molar-refractivity contribution is -0.137. The summed E-state index contributed by atoms with van der Waals surface area (Å²) in [4.78, 5) is 24.4. The fourth-order valence-electron chi connectivity index (χ4n) is 5.95. The number of carbonyl (C=O) groups excluding carboxylic acids is 1. The maximum Gasteiger partial charge on any atom is 0.324 e. The minimum Gasteiger partial charge on any atom is -0.493 e. The Kier molecular flexibility index (Phi) is 9.22. The van der Waals surface area contributed by atoms with Gasteiger partial charge in [0, 0.05) is 51.1 Å². The molecule has 2 fully saturated rings. The second-order valence-electron chi connectivity index (χ2n) is 11.7. The summed E-state index contributed by atoms with van der Waals surface area (Å²) in [6.07, 6.45) is 8.33. The number of carbonyl (C=O) groups is 1. The highest BCUT2D eigenvalue weighted by molar-refractivity contribution is 5.81. The lowest BCUT2D eigenvalue weighted by Gasteiger charge is -2.37. The summed E-state index contributed by atoms with van der Waals surface area (Å²) in [5.41, 5.74) is 2.60. The van der Waals surface area contributed by atoms with E-state index < -0.39 is 0 Å². The largest absolute Gasteiger partial charge is 0.493 e. The Balaban J connectivity index is 1.04. The van der Waals surface area contributed by atoms with E-state index in [-0.39, 0.29) is 11.8 Å². The quantitative estimate of drug-likeness (QED) is 0.435. The van der Waals surface area contributed by atoms with Crippen LogP contribution in [0.25, 0.3) is 5.57 Å². The smallest absolute Gasteiger partial charge is 0.324 e. The zero-order chi connectivity index (χ0) is 27.2. The van der Waals surface area contributed by atoms with Crippen molar-refractivity contribution < 1.29 is 14.1 Å². The van der Waals surface area contributed by atoms with E-state index in [0.717, 1.165) is 96.1 Å². The molecule has 0 N–H and O–H groups in total. The second kappa shape index (κ2) is 13.0. The first kappa shape index (κ1) is 27.7. The predicted octanol–water partition coefficient (Wildman–Crippen LogP) is 5.23. The van der Waals surface area contributed by atoms with Crippen molar-refractivity contribution in [3.63, 3.8) is 0 Å². The molecule has 2 aliphatic heterocycles. The number of nitrogens with zero attached hydrogens (tertiary/aromatic N) is 5. The van der Waals surface area contributed by atoms with Gasteiger partial charge in [-0.05, 0) is 74.3 Å². The van der Waals surface area contributed by atoms with Crippen LogP contribution in [0.15, 0.2) is 34.9 Å². The van der Waals surface area contributed by atoms with Gasteiger partial charge in [-0.15, -0.1) is 0 Å². The van der Waals surface area contributed by atoms with Gasteiger partial charge >= 0.3 is 6.01 Å². The Labute approximate surface area is 233 Å². The van der Waals surface area contributed by atoms with E-state index in [1.54, 1.807) is 0 Å². The Bertz CT molecular complexity index is 1100.